The molecule has 1 unspecified atom stereocenters. The maximum Gasteiger partial charge on any atom is 0.252 e. The Morgan fingerprint density at radius 1 is 1.53 bits per heavy atom. The molecule has 0 aromatic rings. The fourth-order valence-corrected chi connectivity index (χ4v) is 1.81. The Labute approximate surface area is 91.8 Å². The number of hydrogen-bond donors (Lipinski definition) is 2. The molecule has 1 saturated heterocycles. The minimum Gasteiger partial charge on any atom is -0.368 e. The van der Waals surface area contributed by atoms with Crippen LogP contribution in [0.3, 0.4) is 0 Å². The summed E-state index contributed by atoms with van der Waals surface area (Å²) in [5.41, 5.74) is -0.602. The van der Waals surface area contributed by atoms with Gasteiger partial charge in [-0.15, -0.1) is 0 Å². The zero-order valence-corrected chi connectivity index (χ0v) is 9.93. The van der Waals surface area contributed by atoms with Crippen molar-refractivity contribution in [2.45, 2.75) is 44.8 Å². The molecule has 1 rings (SSSR count). The Kier molecular flexibility index (Phi) is 4.54. The number of ether oxygens (including phenoxy) is 1. The lowest BCUT2D eigenvalue weighted by Crippen LogP contribution is -2.55. The summed E-state index contributed by atoms with van der Waals surface area (Å²) in [6, 6.07) is 0.222. The third-order valence-electron chi connectivity index (χ3n) is 3.21. The van der Waals surface area contributed by atoms with Gasteiger partial charge in [-0.2, -0.15) is 0 Å². The van der Waals surface area contributed by atoms with Gasteiger partial charge in [0.25, 0.3) is 5.91 Å². The number of piperidine rings is 1. The highest BCUT2D eigenvalue weighted by atomic mass is 16.5. The Morgan fingerprint density at radius 3 is 2.60 bits per heavy atom. The molecule has 1 aliphatic rings. The zero-order valence-electron chi connectivity index (χ0n) is 9.93. The maximum atomic E-state index is 12.1. The summed E-state index contributed by atoms with van der Waals surface area (Å²) in [4.78, 5) is 12.1. The van der Waals surface area contributed by atoms with Crippen LogP contribution in [0.2, 0.25) is 0 Å². The molecule has 4 nitrogen and oxygen atoms in total. The summed E-state index contributed by atoms with van der Waals surface area (Å²) < 4.78 is 5.43. The molecule has 88 valence electrons. The van der Waals surface area contributed by atoms with E-state index in [1.165, 1.54) is 0 Å². The second-order valence-corrected chi connectivity index (χ2v) is 4.23. The Morgan fingerprint density at radius 2 is 2.13 bits per heavy atom. The quantitative estimate of drug-likeness (QED) is 0.723. The molecule has 0 spiro atoms. The molecule has 1 fully saturated rings. The highest BCUT2D eigenvalue weighted by Crippen LogP contribution is 2.22. The molecule has 1 atom stereocenters. The van der Waals surface area contributed by atoms with Crippen molar-refractivity contribution in [3.8, 4) is 0 Å². The lowest BCUT2D eigenvalue weighted by Gasteiger charge is -2.35. The molecule has 0 bridgehead atoms. The van der Waals surface area contributed by atoms with Gasteiger partial charge < -0.3 is 15.4 Å². The van der Waals surface area contributed by atoms with Crippen molar-refractivity contribution in [1.82, 2.24) is 10.6 Å². The Balaban J connectivity index is 2.59. The second-order valence-electron chi connectivity index (χ2n) is 4.23. The molecular weight excluding hydrogens is 192 g/mol. The summed E-state index contributed by atoms with van der Waals surface area (Å²) in [5, 5.41) is 6.24. The van der Waals surface area contributed by atoms with E-state index in [1.54, 1.807) is 7.11 Å². The van der Waals surface area contributed by atoms with Gasteiger partial charge in [-0.25, -0.2) is 0 Å². The summed E-state index contributed by atoms with van der Waals surface area (Å²) in [7, 11) is 1.63. The predicted molar refractivity (Wildman–Crippen MR) is 59.7 cm³/mol. The van der Waals surface area contributed by atoms with Crippen LogP contribution in [0, 0.1) is 0 Å². The van der Waals surface area contributed by atoms with Crippen molar-refractivity contribution in [2.24, 2.45) is 0 Å². The molecule has 0 aliphatic carbocycles. The fraction of sp³-hybridized carbons (Fsp3) is 0.909. The van der Waals surface area contributed by atoms with Gasteiger partial charge in [-0.05, 0) is 39.3 Å². The average molecular weight is 214 g/mol. The Hall–Kier alpha value is -0.610. The predicted octanol–water partition coefficient (Wildman–Crippen LogP) is 0.670. The van der Waals surface area contributed by atoms with Gasteiger partial charge in [-0.3, -0.25) is 4.79 Å². The van der Waals surface area contributed by atoms with Crippen molar-refractivity contribution in [2.75, 3.05) is 20.2 Å². The number of amides is 1. The van der Waals surface area contributed by atoms with Gasteiger partial charge in [0.1, 0.15) is 5.60 Å². The summed E-state index contributed by atoms with van der Waals surface area (Å²) in [5.74, 6) is 0.0425. The van der Waals surface area contributed by atoms with E-state index >= 15 is 0 Å². The van der Waals surface area contributed by atoms with Crippen LogP contribution in [0.5, 0.6) is 0 Å². The molecule has 2 N–H and O–H groups in total. The Bertz CT molecular complexity index is 213. The van der Waals surface area contributed by atoms with Gasteiger partial charge >= 0.3 is 0 Å². The number of carbonyl (C=O) groups excluding carboxylic acids is 1. The molecule has 1 amide bonds. The van der Waals surface area contributed by atoms with Crippen LogP contribution in [-0.4, -0.2) is 37.7 Å². The van der Waals surface area contributed by atoms with Gasteiger partial charge in [0.15, 0.2) is 0 Å². The molecule has 0 aromatic carbocycles. The highest BCUT2D eigenvalue weighted by molar-refractivity contribution is 5.85. The molecule has 0 aromatic heterocycles. The average Bonchev–Trinajstić information content (AvgIpc) is 2.29. The number of nitrogens with one attached hydrogen (secondary N) is 2. The molecule has 4 heteroatoms. The van der Waals surface area contributed by atoms with E-state index in [2.05, 4.69) is 17.6 Å². The van der Waals surface area contributed by atoms with Crippen LogP contribution in [0.1, 0.15) is 33.1 Å². The van der Waals surface area contributed by atoms with Gasteiger partial charge in [0.05, 0.1) is 0 Å². The monoisotopic (exact) mass is 214 g/mol. The number of methoxy groups -OCH3 is 1. The largest absolute Gasteiger partial charge is 0.368 e. The second kappa shape index (κ2) is 5.47. The van der Waals surface area contributed by atoms with Crippen LogP contribution in [0.15, 0.2) is 0 Å². The number of hydrogen-bond acceptors (Lipinski definition) is 3. The lowest BCUT2D eigenvalue weighted by molar-refractivity contribution is -0.147. The van der Waals surface area contributed by atoms with E-state index in [0.717, 1.165) is 32.4 Å². The smallest absolute Gasteiger partial charge is 0.252 e. The minimum absolute atomic E-state index is 0.0425. The molecule has 15 heavy (non-hydrogen) atoms. The number of rotatable bonds is 4. The van der Waals surface area contributed by atoms with Gasteiger partial charge in [-0.1, -0.05) is 6.92 Å². The summed E-state index contributed by atoms with van der Waals surface area (Å²) in [6.45, 7) is 5.78. The van der Waals surface area contributed by atoms with Crippen LogP contribution in [-0.2, 0) is 9.53 Å². The van der Waals surface area contributed by atoms with Crippen LogP contribution in [0.4, 0.5) is 0 Å². The summed E-state index contributed by atoms with van der Waals surface area (Å²) >= 11 is 0. The van der Waals surface area contributed by atoms with E-state index in [-0.39, 0.29) is 11.9 Å². The van der Waals surface area contributed by atoms with E-state index in [4.69, 9.17) is 4.74 Å². The van der Waals surface area contributed by atoms with E-state index in [9.17, 15) is 4.79 Å². The fourth-order valence-electron chi connectivity index (χ4n) is 1.81. The first-order valence-electron chi connectivity index (χ1n) is 5.71. The van der Waals surface area contributed by atoms with Crippen molar-refractivity contribution in [3.05, 3.63) is 0 Å². The van der Waals surface area contributed by atoms with Gasteiger partial charge in [0, 0.05) is 13.2 Å². The maximum absolute atomic E-state index is 12.1. The van der Waals surface area contributed by atoms with Crippen molar-refractivity contribution >= 4 is 5.91 Å². The third kappa shape index (κ3) is 2.92. The first-order valence-corrected chi connectivity index (χ1v) is 5.71. The van der Waals surface area contributed by atoms with E-state index in [0.29, 0.717) is 0 Å². The first-order chi connectivity index (χ1) is 7.14. The standard InChI is InChI=1S/C11H22N2O2/c1-4-9(2)13-10(14)11(15-3)5-7-12-8-6-11/h9,12H,4-8H2,1-3H3,(H,13,14). The molecule has 0 radical (unpaired) electrons. The normalized spacial score (nSPS) is 22.1. The van der Waals surface area contributed by atoms with Crippen molar-refractivity contribution in [1.29, 1.82) is 0 Å². The van der Waals surface area contributed by atoms with Crippen molar-refractivity contribution < 1.29 is 9.53 Å². The van der Waals surface area contributed by atoms with Gasteiger partial charge in [0.2, 0.25) is 0 Å². The molecule has 0 saturated carbocycles. The number of carbonyl (C=O) groups is 1. The van der Waals surface area contributed by atoms with Crippen LogP contribution < -0.4 is 10.6 Å². The SMILES string of the molecule is CCC(C)NC(=O)C1(OC)CCNCC1. The minimum atomic E-state index is -0.602. The van der Waals surface area contributed by atoms with Crippen LogP contribution in [0.25, 0.3) is 0 Å². The van der Waals surface area contributed by atoms with E-state index < -0.39 is 5.60 Å². The van der Waals surface area contributed by atoms with Crippen LogP contribution >= 0.6 is 0 Å². The topological polar surface area (TPSA) is 50.4 Å². The van der Waals surface area contributed by atoms with Crippen molar-refractivity contribution in [3.63, 3.8) is 0 Å². The molecule has 1 aliphatic heterocycles. The zero-order chi connectivity index (χ0) is 11.3. The van der Waals surface area contributed by atoms with E-state index in [1.807, 2.05) is 6.92 Å². The molecular formula is C11H22N2O2. The highest BCUT2D eigenvalue weighted by Gasteiger charge is 2.39. The third-order valence-corrected chi connectivity index (χ3v) is 3.21. The molecule has 1 heterocycles. The summed E-state index contributed by atoms with van der Waals surface area (Å²) in [6.07, 6.45) is 2.46. The first kappa shape index (κ1) is 12.5. The lowest BCUT2D eigenvalue weighted by atomic mass is 9.91.